The fourth-order valence-electron chi connectivity index (χ4n) is 4.45. The Morgan fingerprint density at radius 2 is 1.58 bits per heavy atom. The number of anilines is 1. The highest BCUT2D eigenvalue weighted by Crippen LogP contribution is 2.21. The molecule has 0 bridgehead atoms. The van der Waals surface area contributed by atoms with E-state index in [-0.39, 0.29) is 25.0 Å². The molecule has 3 rings (SSSR count). The van der Waals surface area contributed by atoms with Crippen LogP contribution in [0.3, 0.4) is 0 Å². The first-order valence-corrected chi connectivity index (χ1v) is 15.1. The number of aryl methyl sites for hydroxylation is 1. The van der Waals surface area contributed by atoms with Gasteiger partial charge in [0.1, 0.15) is 12.6 Å². The van der Waals surface area contributed by atoms with Gasteiger partial charge in [-0.1, -0.05) is 66.4 Å². The van der Waals surface area contributed by atoms with Crippen molar-refractivity contribution < 1.29 is 18.0 Å². The Hall–Kier alpha value is -2.39. The number of hydrogen-bond donors (Lipinski definition) is 1. The Kier molecular flexibility index (Phi) is 9.96. The zero-order valence-electron chi connectivity index (χ0n) is 21.2. The third kappa shape index (κ3) is 7.80. The topological polar surface area (TPSA) is 86.8 Å². The van der Waals surface area contributed by atoms with E-state index in [0.29, 0.717) is 5.69 Å². The van der Waals surface area contributed by atoms with E-state index in [1.165, 1.54) is 11.3 Å². The number of amides is 2. The normalized spacial score (nSPS) is 15.2. The van der Waals surface area contributed by atoms with E-state index in [0.717, 1.165) is 58.3 Å². The van der Waals surface area contributed by atoms with Crippen molar-refractivity contribution in [1.29, 1.82) is 0 Å². The fourth-order valence-corrected chi connectivity index (χ4v) is 5.56. The van der Waals surface area contributed by atoms with Crippen molar-refractivity contribution in [3.05, 3.63) is 64.1 Å². The predicted molar refractivity (Wildman–Crippen MR) is 147 cm³/mol. The van der Waals surface area contributed by atoms with Gasteiger partial charge in [-0.2, -0.15) is 0 Å². The Labute approximate surface area is 223 Å². The molecule has 0 spiro atoms. The molecule has 2 aromatic carbocycles. The second-order valence-electron chi connectivity index (χ2n) is 9.46. The van der Waals surface area contributed by atoms with E-state index < -0.39 is 22.0 Å². The van der Waals surface area contributed by atoms with E-state index in [4.69, 9.17) is 0 Å². The molecular formula is C27H36BrN3O4S. The van der Waals surface area contributed by atoms with Gasteiger partial charge in [-0.3, -0.25) is 13.9 Å². The van der Waals surface area contributed by atoms with Crippen LogP contribution in [0.5, 0.6) is 0 Å². The maximum Gasteiger partial charge on any atom is 0.244 e. The molecule has 0 radical (unpaired) electrons. The van der Waals surface area contributed by atoms with Crippen LogP contribution in [-0.4, -0.2) is 50.0 Å². The van der Waals surface area contributed by atoms with Gasteiger partial charge in [0.25, 0.3) is 0 Å². The summed E-state index contributed by atoms with van der Waals surface area (Å²) in [7, 11) is -3.73. The average molecular weight is 579 g/mol. The van der Waals surface area contributed by atoms with Crippen LogP contribution in [-0.2, 0) is 32.6 Å². The second kappa shape index (κ2) is 12.7. The van der Waals surface area contributed by atoms with Gasteiger partial charge < -0.3 is 10.2 Å². The minimum Gasteiger partial charge on any atom is -0.352 e. The monoisotopic (exact) mass is 577 g/mol. The largest absolute Gasteiger partial charge is 0.352 e. The zero-order valence-corrected chi connectivity index (χ0v) is 23.6. The lowest BCUT2D eigenvalue weighted by atomic mass is 9.95. The van der Waals surface area contributed by atoms with Gasteiger partial charge in [0, 0.05) is 17.1 Å². The highest BCUT2D eigenvalue weighted by molar-refractivity contribution is 9.10. The molecule has 1 fully saturated rings. The third-order valence-electron chi connectivity index (χ3n) is 6.70. The average Bonchev–Trinajstić information content (AvgIpc) is 2.86. The molecule has 1 saturated carbocycles. The maximum atomic E-state index is 13.6. The molecule has 0 aromatic heterocycles. The number of nitrogens with one attached hydrogen (secondary N) is 1. The number of sulfonamides is 1. The summed E-state index contributed by atoms with van der Waals surface area (Å²) in [6, 6.07) is 14.0. The first-order valence-electron chi connectivity index (χ1n) is 12.5. The lowest BCUT2D eigenvalue weighted by Gasteiger charge is -2.33. The van der Waals surface area contributed by atoms with Crippen LogP contribution in [0.1, 0.15) is 57.1 Å². The molecule has 2 aromatic rings. The van der Waals surface area contributed by atoms with Crippen molar-refractivity contribution in [1.82, 2.24) is 10.2 Å². The van der Waals surface area contributed by atoms with Gasteiger partial charge in [-0.05, 0) is 61.6 Å². The van der Waals surface area contributed by atoms with Gasteiger partial charge in [-0.15, -0.1) is 0 Å². The number of hydrogen-bond acceptors (Lipinski definition) is 4. The number of halogens is 1. The molecule has 1 aliphatic carbocycles. The van der Waals surface area contributed by atoms with E-state index in [9.17, 15) is 18.0 Å². The summed E-state index contributed by atoms with van der Waals surface area (Å²) in [6.45, 7) is 3.53. The van der Waals surface area contributed by atoms with Crippen LogP contribution in [0, 0.1) is 0 Å². The number of rotatable bonds is 10. The van der Waals surface area contributed by atoms with Crippen molar-refractivity contribution in [3.8, 4) is 0 Å². The minimum atomic E-state index is -3.73. The van der Waals surface area contributed by atoms with Gasteiger partial charge in [0.2, 0.25) is 21.8 Å². The Morgan fingerprint density at radius 1 is 1.00 bits per heavy atom. The van der Waals surface area contributed by atoms with E-state index >= 15 is 0 Å². The quantitative estimate of drug-likeness (QED) is 0.445. The van der Waals surface area contributed by atoms with Gasteiger partial charge in [0.15, 0.2) is 0 Å². The van der Waals surface area contributed by atoms with E-state index in [1.807, 2.05) is 43.3 Å². The molecule has 1 aliphatic rings. The minimum absolute atomic E-state index is 0.114. The Bertz CT molecular complexity index is 1130. The highest BCUT2D eigenvalue weighted by Gasteiger charge is 2.31. The molecule has 0 aliphatic heterocycles. The standard InChI is InChI=1S/C27H36BrN3O4S/c1-4-21-12-16-25(17-13-21)31(36(3,34)35)19-26(32)30(18-22-10-14-23(28)15-11-22)20(2)27(33)29-24-8-6-5-7-9-24/h10-17,20,24H,4-9,18-19H2,1-3H3,(H,29,33)/t20-/m0/s1. The highest BCUT2D eigenvalue weighted by atomic mass is 79.9. The molecule has 0 heterocycles. The van der Waals surface area contributed by atoms with Crippen LogP contribution >= 0.6 is 15.9 Å². The van der Waals surface area contributed by atoms with Crippen molar-refractivity contribution in [2.24, 2.45) is 0 Å². The molecule has 36 heavy (non-hydrogen) atoms. The van der Waals surface area contributed by atoms with Crippen LogP contribution in [0.15, 0.2) is 53.0 Å². The molecule has 0 unspecified atom stereocenters. The Morgan fingerprint density at radius 3 is 2.14 bits per heavy atom. The smallest absolute Gasteiger partial charge is 0.244 e. The van der Waals surface area contributed by atoms with Gasteiger partial charge in [-0.25, -0.2) is 8.42 Å². The van der Waals surface area contributed by atoms with Crippen molar-refractivity contribution in [2.75, 3.05) is 17.1 Å². The molecule has 0 saturated heterocycles. The molecule has 2 amide bonds. The summed E-state index contributed by atoms with van der Waals surface area (Å²) in [4.78, 5) is 28.3. The summed E-state index contributed by atoms with van der Waals surface area (Å²) in [5, 5.41) is 3.10. The second-order valence-corrected chi connectivity index (χ2v) is 12.3. The molecule has 9 heteroatoms. The number of carbonyl (C=O) groups is 2. The molecule has 196 valence electrons. The van der Waals surface area contributed by atoms with Crippen LogP contribution in [0.25, 0.3) is 0 Å². The van der Waals surface area contributed by atoms with Crippen molar-refractivity contribution in [3.63, 3.8) is 0 Å². The molecule has 1 N–H and O–H groups in total. The van der Waals surface area contributed by atoms with Crippen molar-refractivity contribution >= 4 is 43.5 Å². The lowest BCUT2D eigenvalue weighted by Crippen LogP contribution is -2.52. The summed E-state index contributed by atoms with van der Waals surface area (Å²) in [6.07, 6.45) is 7.14. The summed E-state index contributed by atoms with van der Waals surface area (Å²) in [5.74, 6) is -0.653. The van der Waals surface area contributed by atoms with Crippen LogP contribution in [0.2, 0.25) is 0 Å². The molecule has 7 nitrogen and oxygen atoms in total. The Balaban J connectivity index is 1.85. The molecular weight excluding hydrogens is 542 g/mol. The first-order chi connectivity index (χ1) is 17.1. The summed E-state index contributed by atoms with van der Waals surface area (Å²) in [5.41, 5.74) is 2.34. The third-order valence-corrected chi connectivity index (χ3v) is 8.37. The first kappa shape index (κ1) is 28.2. The van der Waals surface area contributed by atoms with Crippen LogP contribution < -0.4 is 9.62 Å². The SMILES string of the molecule is CCc1ccc(N(CC(=O)N(Cc2ccc(Br)cc2)[C@@H](C)C(=O)NC2CCCCC2)S(C)(=O)=O)cc1. The maximum absolute atomic E-state index is 13.6. The predicted octanol–water partition coefficient (Wildman–Crippen LogP) is 4.64. The zero-order chi connectivity index (χ0) is 26.3. The number of benzene rings is 2. The number of carbonyl (C=O) groups excluding carboxylic acids is 2. The summed E-state index contributed by atoms with van der Waals surface area (Å²) >= 11 is 3.42. The van der Waals surface area contributed by atoms with Gasteiger partial charge >= 0.3 is 0 Å². The van der Waals surface area contributed by atoms with Crippen LogP contribution in [0.4, 0.5) is 5.69 Å². The summed E-state index contributed by atoms with van der Waals surface area (Å²) < 4.78 is 27.4. The van der Waals surface area contributed by atoms with Crippen molar-refractivity contribution in [2.45, 2.75) is 71.0 Å². The van der Waals surface area contributed by atoms with E-state index in [2.05, 4.69) is 21.2 Å². The lowest BCUT2D eigenvalue weighted by molar-refractivity contribution is -0.139. The molecule has 1 atom stereocenters. The van der Waals surface area contributed by atoms with E-state index in [1.54, 1.807) is 19.1 Å². The van der Waals surface area contributed by atoms with Gasteiger partial charge in [0.05, 0.1) is 11.9 Å². The fraction of sp³-hybridized carbons (Fsp3) is 0.481. The number of nitrogens with zero attached hydrogens (tertiary/aromatic N) is 2.